The highest BCUT2D eigenvalue weighted by molar-refractivity contribution is 7.16. The van der Waals surface area contributed by atoms with E-state index in [1.165, 1.54) is 30.6 Å². The molecule has 0 amide bonds. The number of hydrogen-bond donors (Lipinski definition) is 0. The van der Waals surface area contributed by atoms with Gasteiger partial charge in [-0.25, -0.2) is 14.6 Å². The van der Waals surface area contributed by atoms with E-state index in [0.29, 0.717) is 16.5 Å². The Labute approximate surface area is 156 Å². The van der Waals surface area contributed by atoms with E-state index in [4.69, 9.17) is 14.2 Å². The molecule has 0 saturated carbocycles. The lowest BCUT2D eigenvalue weighted by Gasteiger charge is -2.00. The lowest BCUT2D eigenvalue weighted by atomic mass is 10.2. The second-order valence-electron chi connectivity index (χ2n) is 5.31. The Balaban J connectivity index is 2.25. The van der Waals surface area contributed by atoms with E-state index in [-0.39, 0.29) is 5.69 Å². The Morgan fingerprint density at radius 1 is 1.19 bits per heavy atom. The van der Waals surface area contributed by atoms with E-state index in [2.05, 4.69) is 4.98 Å². The lowest BCUT2D eigenvalue weighted by Crippen LogP contribution is -2.04. The van der Waals surface area contributed by atoms with E-state index >= 15 is 0 Å². The number of carbonyl (C=O) groups excluding carboxylic acids is 2. The number of thiazole rings is 1. The van der Waals surface area contributed by atoms with Gasteiger partial charge < -0.3 is 14.2 Å². The number of benzene rings is 1. The molecule has 0 fully saturated rings. The Hall–Kier alpha value is -2.67. The molecule has 1 aromatic carbocycles. The van der Waals surface area contributed by atoms with Crippen molar-refractivity contribution in [1.29, 1.82) is 0 Å². The molecule has 6 nitrogen and oxygen atoms in total. The third kappa shape index (κ3) is 5.16. The summed E-state index contributed by atoms with van der Waals surface area (Å²) in [4.78, 5) is 28.6. The van der Waals surface area contributed by atoms with Gasteiger partial charge in [0.2, 0.25) is 0 Å². The van der Waals surface area contributed by atoms with Crippen LogP contribution in [0, 0.1) is 0 Å². The Morgan fingerprint density at radius 3 is 2.54 bits per heavy atom. The molecule has 0 aliphatic rings. The van der Waals surface area contributed by atoms with Gasteiger partial charge in [0, 0.05) is 11.6 Å². The van der Waals surface area contributed by atoms with Crippen molar-refractivity contribution in [3.8, 4) is 16.3 Å². The van der Waals surface area contributed by atoms with Crippen LogP contribution in [0.15, 0.2) is 30.3 Å². The molecule has 1 aromatic heterocycles. The van der Waals surface area contributed by atoms with E-state index in [1.807, 2.05) is 31.2 Å². The normalized spacial score (nSPS) is 10.7. The summed E-state index contributed by atoms with van der Waals surface area (Å²) in [5, 5.41) is 0.645. The van der Waals surface area contributed by atoms with Gasteiger partial charge >= 0.3 is 11.9 Å². The highest BCUT2D eigenvalue weighted by Gasteiger charge is 2.18. The molecule has 1 heterocycles. The predicted molar refractivity (Wildman–Crippen MR) is 100 cm³/mol. The van der Waals surface area contributed by atoms with Gasteiger partial charge in [0.05, 0.1) is 25.7 Å². The largest absolute Gasteiger partial charge is 0.497 e. The molecule has 0 unspecified atom stereocenters. The van der Waals surface area contributed by atoms with Crippen LogP contribution in [0.25, 0.3) is 16.6 Å². The summed E-state index contributed by atoms with van der Waals surface area (Å²) >= 11 is 1.29. The fraction of sp³-hybridized carbons (Fsp3) is 0.316. The molecule has 7 heteroatoms. The average molecular weight is 375 g/mol. The zero-order chi connectivity index (χ0) is 18.9. The van der Waals surface area contributed by atoms with E-state index in [9.17, 15) is 9.59 Å². The first-order valence-corrected chi connectivity index (χ1v) is 8.99. The molecule has 0 bridgehead atoms. The quantitative estimate of drug-likeness (QED) is 0.395. The van der Waals surface area contributed by atoms with Crippen LogP contribution >= 0.6 is 11.3 Å². The van der Waals surface area contributed by atoms with Gasteiger partial charge in [0.1, 0.15) is 10.8 Å². The molecule has 2 aromatic rings. The fourth-order valence-corrected chi connectivity index (χ4v) is 3.01. The fourth-order valence-electron chi connectivity index (χ4n) is 2.05. The average Bonchev–Trinajstić information content (AvgIpc) is 3.10. The number of hydrogen-bond acceptors (Lipinski definition) is 7. The van der Waals surface area contributed by atoms with Gasteiger partial charge in [-0.1, -0.05) is 13.3 Å². The van der Waals surface area contributed by atoms with Crippen LogP contribution in [-0.4, -0.2) is 37.7 Å². The van der Waals surface area contributed by atoms with Crippen LogP contribution in [0.4, 0.5) is 0 Å². The maximum Gasteiger partial charge on any atom is 0.358 e. The number of rotatable bonds is 8. The summed E-state index contributed by atoms with van der Waals surface area (Å²) in [6.45, 7) is 2.40. The standard InChI is InChI=1S/C19H21NO5S/c1-4-5-12-25-16(21)11-10-15-17(19(22)24-3)20-18(26-15)13-6-8-14(23-2)9-7-13/h6-11H,4-5,12H2,1-3H3/b11-10+. The van der Waals surface area contributed by atoms with Crippen LogP contribution in [0.3, 0.4) is 0 Å². The number of nitrogens with zero attached hydrogens (tertiary/aromatic N) is 1. The lowest BCUT2D eigenvalue weighted by molar-refractivity contribution is -0.137. The van der Waals surface area contributed by atoms with Crippen LogP contribution in [0.2, 0.25) is 0 Å². The number of carbonyl (C=O) groups is 2. The van der Waals surface area contributed by atoms with Crippen molar-refractivity contribution < 1.29 is 23.8 Å². The van der Waals surface area contributed by atoms with Crippen molar-refractivity contribution in [2.75, 3.05) is 20.8 Å². The monoisotopic (exact) mass is 375 g/mol. The van der Waals surface area contributed by atoms with E-state index < -0.39 is 11.9 Å². The first-order chi connectivity index (χ1) is 12.6. The molecule has 0 radical (unpaired) electrons. The zero-order valence-corrected chi connectivity index (χ0v) is 15.8. The second-order valence-corrected chi connectivity index (χ2v) is 6.34. The Bertz CT molecular complexity index is 780. The smallest absolute Gasteiger partial charge is 0.358 e. The van der Waals surface area contributed by atoms with Crippen molar-refractivity contribution in [3.05, 3.63) is 40.9 Å². The van der Waals surface area contributed by atoms with Crippen LogP contribution in [-0.2, 0) is 14.3 Å². The van der Waals surface area contributed by atoms with Crippen molar-refractivity contribution in [2.24, 2.45) is 0 Å². The van der Waals surface area contributed by atoms with E-state index in [1.54, 1.807) is 7.11 Å². The van der Waals surface area contributed by atoms with Crippen molar-refractivity contribution in [3.63, 3.8) is 0 Å². The summed E-state index contributed by atoms with van der Waals surface area (Å²) in [5.74, 6) is -0.276. The number of aromatic nitrogens is 1. The summed E-state index contributed by atoms with van der Waals surface area (Å²) in [6.07, 6.45) is 4.59. The molecular weight excluding hydrogens is 354 g/mol. The van der Waals surface area contributed by atoms with Gasteiger partial charge in [0.25, 0.3) is 0 Å². The number of methoxy groups -OCH3 is 2. The predicted octanol–water partition coefficient (Wildman–Crippen LogP) is 3.96. The molecule has 2 rings (SSSR count). The maximum absolute atomic E-state index is 12.0. The van der Waals surface area contributed by atoms with Gasteiger partial charge in [-0.3, -0.25) is 0 Å². The van der Waals surface area contributed by atoms with Crippen LogP contribution in [0.5, 0.6) is 5.75 Å². The highest BCUT2D eigenvalue weighted by Crippen LogP contribution is 2.30. The third-order valence-electron chi connectivity index (χ3n) is 3.48. The summed E-state index contributed by atoms with van der Waals surface area (Å²) in [7, 11) is 2.89. The van der Waals surface area contributed by atoms with Gasteiger partial charge in [-0.15, -0.1) is 11.3 Å². The molecule has 0 spiro atoms. The Morgan fingerprint density at radius 2 is 1.92 bits per heavy atom. The summed E-state index contributed by atoms with van der Waals surface area (Å²) in [5.41, 5.74) is 1.01. The van der Waals surface area contributed by atoms with Gasteiger partial charge in [0.15, 0.2) is 5.69 Å². The van der Waals surface area contributed by atoms with Crippen LogP contribution in [0.1, 0.15) is 35.1 Å². The molecule has 0 aliphatic carbocycles. The number of unbranched alkanes of at least 4 members (excludes halogenated alkanes) is 1. The van der Waals surface area contributed by atoms with Gasteiger partial charge in [-0.2, -0.15) is 0 Å². The Kier molecular flexibility index (Phi) is 7.35. The van der Waals surface area contributed by atoms with Gasteiger partial charge in [-0.05, 0) is 36.8 Å². The van der Waals surface area contributed by atoms with Crippen LogP contribution < -0.4 is 4.74 Å². The van der Waals surface area contributed by atoms with Crippen molar-refractivity contribution in [2.45, 2.75) is 19.8 Å². The second kappa shape index (κ2) is 9.72. The molecule has 138 valence electrons. The minimum Gasteiger partial charge on any atom is -0.497 e. The number of esters is 2. The molecule has 0 atom stereocenters. The molecule has 0 N–H and O–H groups in total. The van der Waals surface area contributed by atoms with E-state index in [0.717, 1.165) is 24.2 Å². The molecule has 0 aliphatic heterocycles. The minimum atomic E-state index is -0.556. The summed E-state index contributed by atoms with van der Waals surface area (Å²) < 4.78 is 15.0. The first-order valence-electron chi connectivity index (χ1n) is 8.17. The van der Waals surface area contributed by atoms with Crippen molar-refractivity contribution in [1.82, 2.24) is 4.98 Å². The maximum atomic E-state index is 12.0. The molecular formula is C19H21NO5S. The minimum absolute atomic E-state index is 0.168. The number of ether oxygens (including phenoxy) is 3. The summed E-state index contributed by atoms with van der Waals surface area (Å²) in [6, 6.07) is 7.33. The van der Waals surface area contributed by atoms with Crippen molar-refractivity contribution >= 4 is 29.4 Å². The third-order valence-corrected chi connectivity index (χ3v) is 4.55. The molecule has 26 heavy (non-hydrogen) atoms. The molecule has 0 saturated heterocycles. The SMILES string of the molecule is CCCCOC(=O)/C=C/c1sc(-c2ccc(OC)cc2)nc1C(=O)OC. The topological polar surface area (TPSA) is 74.7 Å². The zero-order valence-electron chi connectivity index (χ0n) is 15.0. The highest BCUT2D eigenvalue weighted by atomic mass is 32.1. The first kappa shape index (κ1) is 19.7.